The van der Waals surface area contributed by atoms with E-state index in [4.69, 9.17) is 9.47 Å². The van der Waals surface area contributed by atoms with Gasteiger partial charge >= 0.3 is 5.97 Å². The van der Waals surface area contributed by atoms with Crippen molar-refractivity contribution in [3.63, 3.8) is 0 Å². The van der Waals surface area contributed by atoms with Crippen LogP contribution in [0.2, 0.25) is 0 Å². The van der Waals surface area contributed by atoms with Crippen molar-refractivity contribution in [2.75, 3.05) is 23.4 Å². The number of ether oxygens (including phenoxy) is 2. The van der Waals surface area contributed by atoms with Crippen LogP contribution in [-0.2, 0) is 14.3 Å². The molecule has 0 saturated carbocycles. The van der Waals surface area contributed by atoms with Crippen LogP contribution in [0, 0.1) is 0 Å². The molecule has 2 aromatic carbocycles. The molecule has 0 radical (unpaired) electrons. The average Bonchev–Trinajstić information content (AvgIpc) is 2.75. The number of hydrogen-bond acceptors (Lipinski definition) is 6. The lowest BCUT2D eigenvalue weighted by Gasteiger charge is -2.32. The van der Waals surface area contributed by atoms with E-state index in [1.807, 2.05) is 6.92 Å². The van der Waals surface area contributed by atoms with E-state index in [1.54, 1.807) is 43.3 Å². The van der Waals surface area contributed by atoms with Gasteiger partial charge in [0.15, 0.2) is 11.9 Å². The van der Waals surface area contributed by atoms with Crippen LogP contribution in [-0.4, -0.2) is 42.8 Å². The van der Waals surface area contributed by atoms with Crippen LogP contribution >= 0.6 is 0 Å². The van der Waals surface area contributed by atoms with Gasteiger partial charge in [0, 0.05) is 11.3 Å². The molecule has 1 aliphatic heterocycles. The molecule has 3 rings (SSSR count). The molecule has 0 fully saturated rings. The monoisotopic (exact) mass is 424 g/mol. The number of nitrogens with zero attached hydrogens (tertiary/aromatic N) is 1. The van der Waals surface area contributed by atoms with E-state index in [1.165, 1.54) is 17.9 Å². The fraction of sp³-hybridized carbons (Fsp3) is 0.304. The number of rotatable bonds is 7. The third-order valence-electron chi connectivity index (χ3n) is 4.69. The summed E-state index contributed by atoms with van der Waals surface area (Å²) in [5, 5.41) is 2.70. The molecule has 8 heteroatoms. The molecule has 2 aromatic rings. The Morgan fingerprint density at radius 1 is 1.13 bits per heavy atom. The third-order valence-corrected chi connectivity index (χ3v) is 4.69. The SMILES string of the molecule is CCCOC(=O)c1cccc(NC(=O)CN2C(=O)C(C)Oc3ccc(C(C)=O)cc32)c1. The van der Waals surface area contributed by atoms with E-state index in [2.05, 4.69) is 5.32 Å². The lowest BCUT2D eigenvalue weighted by Crippen LogP contribution is -2.47. The number of hydrogen-bond donors (Lipinski definition) is 1. The average molecular weight is 424 g/mol. The molecule has 1 atom stereocenters. The number of Topliss-reactive ketones (excluding diaryl/α,β-unsaturated/α-hetero) is 1. The van der Waals surface area contributed by atoms with Gasteiger partial charge in [-0.1, -0.05) is 13.0 Å². The maximum Gasteiger partial charge on any atom is 0.338 e. The number of carbonyl (C=O) groups is 4. The highest BCUT2D eigenvalue weighted by Crippen LogP contribution is 2.35. The highest BCUT2D eigenvalue weighted by Gasteiger charge is 2.33. The maximum atomic E-state index is 12.7. The molecule has 1 aliphatic rings. The Morgan fingerprint density at radius 3 is 2.61 bits per heavy atom. The van der Waals surface area contributed by atoms with E-state index in [0.717, 1.165) is 0 Å². The van der Waals surface area contributed by atoms with Crippen molar-refractivity contribution < 1.29 is 28.7 Å². The summed E-state index contributed by atoms with van der Waals surface area (Å²) in [6.45, 7) is 4.96. The van der Waals surface area contributed by atoms with E-state index in [9.17, 15) is 19.2 Å². The van der Waals surface area contributed by atoms with Crippen LogP contribution < -0.4 is 15.0 Å². The van der Waals surface area contributed by atoms with Crippen molar-refractivity contribution in [1.29, 1.82) is 0 Å². The summed E-state index contributed by atoms with van der Waals surface area (Å²) in [5.41, 5.74) is 1.50. The summed E-state index contributed by atoms with van der Waals surface area (Å²) < 4.78 is 10.7. The fourth-order valence-electron chi connectivity index (χ4n) is 3.14. The van der Waals surface area contributed by atoms with Crippen LogP contribution in [0.3, 0.4) is 0 Å². The van der Waals surface area contributed by atoms with Gasteiger partial charge in [0.1, 0.15) is 12.3 Å². The Hall–Kier alpha value is -3.68. The van der Waals surface area contributed by atoms with Crippen LogP contribution in [0.4, 0.5) is 11.4 Å². The van der Waals surface area contributed by atoms with Crippen LogP contribution in [0.25, 0.3) is 0 Å². The number of amides is 2. The van der Waals surface area contributed by atoms with Gasteiger partial charge < -0.3 is 14.8 Å². The second-order valence-electron chi connectivity index (χ2n) is 7.19. The summed E-state index contributed by atoms with van der Waals surface area (Å²) >= 11 is 0. The summed E-state index contributed by atoms with van der Waals surface area (Å²) in [5.74, 6) is -1.06. The number of ketones is 1. The summed E-state index contributed by atoms with van der Waals surface area (Å²) in [6, 6.07) is 11.2. The molecular formula is C23H24N2O6. The fourth-order valence-corrected chi connectivity index (χ4v) is 3.14. The molecule has 2 amide bonds. The summed E-state index contributed by atoms with van der Waals surface area (Å²) in [4.78, 5) is 50.4. The highest BCUT2D eigenvalue weighted by atomic mass is 16.5. The zero-order valence-electron chi connectivity index (χ0n) is 17.6. The number of carbonyl (C=O) groups excluding carboxylic acids is 4. The smallest absolute Gasteiger partial charge is 0.338 e. The number of nitrogens with one attached hydrogen (secondary N) is 1. The number of esters is 1. The first-order valence-corrected chi connectivity index (χ1v) is 10.00. The minimum absolute atomic E-state index is 0.162. The number of anilines is 2. The maximum absolute atomic E-state index is 12.7. The Labute approximate surface area is 180 Å². The normalized spacial score (nSPS) is 15.0. The molecular weight excluding hydrogens is 400 g/mol. The van der Waals surface area contributed by atoms with E-state index in [0.29, 0.717) is 41.3 Å². The Kier molecular flexibility index (Phi) is 6.69. The Bertz CT molecular complexity index is 1030. The van der Waals surface area contributed by atoms with E-state index in [-0.39, 0.29) is 18.2 Å². The molecule has 0 aliphatic carbocycles. The van der Waals surface area contributed by atoms with E-state index >= 15 is 0 Å². The van der Waals surface area contributed by atoms with Gasteiger partial charge in [0.2, 0.25) is 5.91 Å². The van der Waals surface area contributed by atoms with Gasteiger partial charge in [-0.25, -0.2) is 4.79 Å². The quantitative estimate of drug-likeness (QED) is 0.541. The summed E-state index contributed by atoms with van der Waals surface area (Å²) in [7, 11) is 0. The topological polar surface area (TPSA) is 102 Å². The lowest BCUT2D eigenvalue weighted by atomic mass is 10.1. The Morgan fingerprint density at radius 2 is 1.90 bits per heavy atom. The zero-order chi connectivity index (χ0) is 22.5. The molecule has 162 valence electrons. The molecule has 1 N–H and O–H groups in total. The largest absolute Gasteiger partial charge is 0.479 e. The predicted molar refractivity (Wildman–Crippen MR) is 115 cm³/mol. The van der Waals surface area contributed by atoms with Crippen molar-refractivity contribution in [3.8, 4) is 5.75 Å². The minimum atomic E-state index is -0.764. The van der Waals surface area contributed by atoms with Crippen molar-refractivity contribution in [2.45, 2.75) is 33.3 Å². The molecule has 0 bridgehead atoms. The van der Waals surface area contributed by atoms with Crippen molar-refractivity contribution >= 4 is 34.9 Å². The number of benzene rings is 2. The van der Waals surface area contributed by atoms with Crippen molar-refractivity contribution in [3.05, 3.63) is 53.6 Å². The Balaban J connectivity index is 1.78. The van der Waals surface area contributed by atoms with Crippen LogP contribution in [0.5, 0.6) is 5.75 Å². The van der Waals surface area contributed by atoms with Crippen molar-refractivity contribution in [1.82, 2.24) is 0 Å². The van der Waals surface area contributed by atoms with Gasteiger partial charge in [0.25, 0.3) is 5.91 Å². The van der Waals surface area contributed by atoms with Gasteiger partial charge in [-0.2, -0.15) is 0 Å². The minimum Gasteiger partial charge on any atom is -0.479 e. The molecule has 8 nitrogen and oxygen atoms in total. The highest BCUT2D eigenvalue weighted by molar-refractivity contribution is 6.07. The second-order valence-corrected chi connectivity index (χ2v) is 7.19. The standard InChI is InChI=1S/C23H24N2O6/c1-4-10-30-23(29)17-6-5-7-18(11-17)24-21(27)13-25-19-12-16(14(2)26)8-9-20(19)31-15(3)22(25)28/h5-9,11-12,15H,4,10,13H2,1-3H3,(H,24,27). The number of fused-ring (bicyclic) bond motifs is 1. The molecule has 0 aromatic heterocycles. The van der Waals surface area contributed by atoms with E-state index < -0.39 is 18.0 Å². The van der Waals surface area contributed by atoms with Crippen molar-refractivity contribution in [2.24, 2.45) is 0 Å². The summed E-state index contributed by atoms with van der Waals surface area (Å²) in [6.07, 6.45) is -0.0544. The zero-order valence-corrected chi connectivity index (χ0v) is 17.6. The van der Waals surface area contributed by atoms with Gasteiger partial charge in [-0.05, 0) is 56.7 Å². The predicted octanol–water partition coefficient (Wildman–Crippen LogP) is 3.21. The molecule has 0 saturated heterocycles. The first-order chi connectivity index (χ1) is 14.8. The lowest BCUT2D eigenvalue weighted by molar-refractivity contribution is -0.127. The first kappa shape index (κ1) is 22.0. The van der Waals surface area contributed by atoms with Gasteiger partial charge in [-0.3, -0.25) is 19.3 Å². The third kappa shape index (κ3) is 5.09. The van der Waals surface area contributed by atoms with Crippen LogP contribution in [0.1, 0.15) is 47.9 Å². The van der Waals surface area contributed by atoms with Crippen LogP contribution in [0.15, 0.2) is 42.5 Å². The molecule has 0 spiro atoms. The first-order valence-electron chi connectivity index (χ1n) is 10.00. The van der Waals surface area contributed by atoms with Gasteiger partial charge in [-0.15, -0.1) is 0 Å². The molecule has 31 heavy (non-hydrogen) atoms. The van der Waals surface area contributed by atoms with Gasteiger partial charge in [0.05, 0.1) is 17.9 Å². The molecule has 1 heterocycles. The second kappa shape index (κ2) is 9.42. The molecule has 1 unspecified atom stereocenters.